The normalized spacial score (nSPS) is 10.3. The molecule has 0 spiro atoms. The summed E-state index contributed by atoms with van der Waals surface area (Å²) in [5.74, 6) is -0.203. The van der Waals surface area contributed by atoms with Gasteiger partial charge in [0, 0.05) is 5.56 Å². The first kappa shape index (κ1) is 9.71. The largest absolute Gasteiger partial charge is 0.468 e. The van der Waals surface area contributed by atoms with E-state index in [0.29, 0.717) is 11.6 Å². The molecule has 0 bridgehead atoms. The van der Waals surface area contributed by atoms with Crippen molar-refractivity contribution in [2.24, 2.45) is 0 Å². The average Bonchev–Trinajstić information content (AvgIpc) is 2.70. The number of hydrogen-bond donors (Lipinski definition) is 1. The molecule has 1 aromatic carbocycles. The first-order valence-corrected chi connectivity index (χ1v) is 4.56. The van der Waals surface area contributed by atoms with E-state index in [1.54, 1.807) is 32.4 Å². The van der Waals surface area contributed by atoms with Gasteiger partial charge in [0.25, 0.3) is 6.01 Å². The van der Waals surface area contributed by atoms with Gasteiger partial charge < -0.3 is 9.72 Å². The van der Waals surface area contributed by atoms with E-state index in [4.69, 9.17) is 4.74 Å². The molecule has 78 valence electrons. The summed E-state index contributed by atoms with van der Waals surface area (Å²) in [6, 6.07) is 5.36. The zero-order valence-corrected chi connectivity index (χ0v) is 8.54. The maximum absolute atomic E-state index is 13.0. The molecule has 0 atom stereocenters. The smallest absolute Gasteiger partial charge is 0.293 e. The Bertz CT molecular complexity index is 479. The number of nitrogens with zero attached hydrogens (tertiary/aromatic N) is 1. The van der Waals surface area contributed by atoms with Crippen molar-refractivity contribution in [3.8, 4) is 17.3 Å². The molecule has 1 aromatic heterocycles. The number of nitrogens with one attached hydrogen (secondary N) is 1. The number of rotatable bonds is 2. The number of aromatic amines is 1. The minimum Gasteiger partial charge on any atom is -0.468 e. The Kier molecular flexibility index (Phi) is 2.41. The molecule has 0 aliphatic heterocycles. The van der Waals surface area contributed by atoms with Crippen LogP contribution in [-0.2, 0) is 0 Å². The molecule has 0 saturated heterocycles. The Balaban J connectivity index is 2.40. The van der Waals surface area contributed by atoms with Crippen molar-refractivity contribution < 1.29 is 9.13 Å². The number of imidazole rings is 1. The lowest BCUT2D eigenvalue weighted by atomic mass is 10.1. The minimum atomic E-state index is -0.203. The maximum atomic E-state index is 13.0. The van der Waals surface area contributed by atoms with Crippen LogP contribution in [0.4, 0.5) is 4.39 Å². The Morgan fingerprint density at radius 1 is 1.40 bits per heavy atom. The summed E-state index contributed by atoms with van der Waals surface area (Å²) in [5, 5.41) is 0. The highest BCUT2D eigenvalue weighted by atomic mass is 19.1. The SMILES string of the molecule is COc1ncc(-c2ccc(F)c(C)c2)[nH]1. The monoisotopic (exact) mass is 206 g/mol. The molecule has 4 heteroatoms. The van der Waals surface area contributed by atoms with E-state index in [1.165, 1.54) is 6.07 Å². The molecular weight excluding hydrogens is 195 g/mol. The summed E-state index contributed by atoms with van der Waals surface area (Å²) in [7, 11) is 1.54. The zero-order valence-electron chi connectivity index (χ0n) is 8.54. The molecule has 0 unspecified atom stereocenters. The molecule has 1 heterocycles. The lowest BCUT2D eigenvalue weighted by Gasteiger charge is -2.00. The Labute approximate surface area is 86.9 Å². The third-order valence-electron chi connectivity index (χ3n) is 2.21. The Morgan fingerprint density at radius 3 is 2.80 bits per heavy atom. The third-order valence-corrected chi connectivity index (χ3v) is 2.21. The third kappa shape index (κ3) is 1.83. The second-order valence-corrected chi connectivity index (χ2v) is 3.27. The van der Waals surface area contributed by atoms with Gasteiger partial charge in [-0.3, -0.25) is 0 Å². The second-order valence-electron chi connectivity index (χ2n) is 3.27. The van der Waals surface area contributed by atoms with E-state index in [-0.39, 0.29) is 5.82 Å². The van der Waals surface area contributed by atoms with Gasteiger partial charge in [-0.15, -0.1) is 0 Å². The second kappa shape index (κ2) is 3.73. The first-order chi connectivity index (χ1) is 7.20. The number of methoxy groups -OCH3 is 1. The molecular formula is C11H11FN2O. The van der Waals surface area contributed by atoms with Gasteiger partial charge in [-0.05, 0) is 30.7 Å². The van der Waals surface area contributed by atoms with Crippen molar-refractivity contribution in [1.29, 1.82) is 0 Å². The standard InChI is InChI=1S/C11H11FN2O/c1-7-5-8(3-4-9(7)12)10-6-13-11(14-10)15-2/h3-6H,1-2H3,(H,13,14). The molecule has 0 aliphatic rings. The van der Waals surface area contributed by atoms with Crippen LogP contribution in [0.5, 0.6) is 6.01 Å². The Hall–Kier alpha value is -1.84. The molecule has 0 radical (unpaired) electrons. The lowest BCUT2D eigenvalue weighted by molar-refractivity contribution is 0.384. The maximum Gasteiger partial charge on any atom is 0.293 e. The van der Waals surface area contributed by atoms with E-state index in [9.17, 15) is 4.39 Å². The molecule has 15 heavy (non-hydrogen) atoms. The highest BCUT2D eigenvalue weighted by Crippen LogP contribution is 2.21. The highest BCUT2D eigenvalue weighted by molar-refractivity contribution is 5.59. The molecule has 3 nitrogen and oxygen atoms in total. The van der Waals surface area contributed by atoms with Gasteiger partial charge in [-0.1, -0.05) is 0 Å². The average molecular weight is 206 g/mol. The minimum absolute atomic E-state index is 0.203. The summed E-state index contributed by atoms with van der Waals surface area (Å²) < 4.78 is 18.0. The summed E-state index contributed by atoms with van der Waals surface area (Å²) >= 11 is 0. The van der Waals surface area contributed by atoms with Crippen molar-refractivity contribution in [3.63, 3.8) is 0 Å². The number of aromatic nitrogens is 2. The number of halogens is 1. The summed E-state index contributed by atoms with van der Waals surface area (Å²) in [5.41, 5.74) is 2.32. The van der Waals surface area contributed by atoms with Gasteiger partial charge in [0.1, 0.15) is 5.82 Å². The summed E-state index contributed by atoms with van der Waals surface area (Å²) in [6.45, 7) is 1.73. The van der Waals surface area contributed by atoms with Crippen LogP contribution in [0.3, 0.4) is 0 Å². The zero-order chi connectivity index (χ0) is 10.8. The summed E-state index contributed by atoms with van der Waals surface area (Å²) in [4.78, 5) is 6.96. The topological polar surface area (TPSA) is 37.9 Å². The molecule has 2 aromatic rings. The summed E-state index contributed by atoms with van der Waals surface area (Å²) in [6.07, 6.45) is 1.66. The highest BCUT2D eigenvalue weighted by Gasteiger charge is 2.05. The number of ether oxygens (including phenoxy) is 1. The van der Waals surface area contributed by atoms with Gasteiger partial charge in [-0.2, -0.15) is 0 Å². The molecule has 0 fully saturated rings. The van der Waals surface area contributed by atoms with Crippen molar-refractivity contribution >= 4 is 0 Å². The van der Waals surface area contributed by atoms with Gasteiger partial charge in [0.15, 0.2) is 0 Å². The fourth-order valence-electron chi connectivity index (χ4n) is 1.37. The van der Waals surface area contributed by atoms with E-state index in [0.717, 1.165) is 11.3 Å². The number of benzene rings is 1. The van der Waals surface area contributed by atoms with E-state index < -0.39 is 0 Å². The van der Waals surface area contributed by atoms with Crippen LogP contribution < -0.4 is 4.74 Å². The first-order valence-electron chi connectivity index (χ1n) is 4.56. The van der Waals surface area contributed by atoms with Crippen LogP contribution in [0.2, 0.25) is 0 Å². The van der Waals surface area contributed by atoms with Crippen LogP contribution in [0.25, 0.3) is 11.3 Å². The van der Waals surface area contributed by atoms with E-state index in [1.807, 2.05) is 0 Å². The van der Waals surface area contributed by atoms with Crippen LogP contribution in [0.1, 0.15) is 5.56 Å². The predicted octanol–water partition coefficient (Wildman–Crippen LogP) is 2.53. The number of aryl methyl sites for hydroxylation is 1. The predicted molar refractivity (Wildman–Crippen MR) is 55.3 cm³/mol. The van der Waals surface area contributed by atoms with Gasteiger partial charge >= 0.3 is 0 Å². The van der Waals surface area contributed by atoms with Crippen LogP contribution in [0.15, 0.2) is 24.4 Å². The lowest BCUT2D eigenvalue weighted by Crippen LogP contribution is -1.85. The van der Waals surface area contributed by atoms with Crippen molar-refractivity contribution in [2.45, 2.75) is 6.92 Å². The number of hydrogen-bond acceptors (Lipinski definition) is 2. The quantitative estimate of drug-likeness (QED) is 0.819. The van der Waals surface area contributed by atoms with Crippen LogP contribution in [-0.4, -0.2) is 17.1 Å². The van der Waals surface area contributed by atoms with Gasteiger partial charge in [0.05, 0.1) is 19.0 Å². The Morgan fingerprint density at radius 2 is 2.20 bits per heavy atom. The fourth-order valence-corrected chi connectivity index (χ4v) is 1.37. The van der Waals surface area contributed by atoms with Gasteiger partial charge in [-0.25, -0.2) is 9.37 Å². The molecule has 1 N–H and O–H groups in total. The van der Waals surface area contributed by atoms with Crippen molar-refractivity contribution in [2.75, 3.05) is 7.11 Å². The van der Waals surface area contributed by atoms with Crippen molar-refractivity contribution in [1.82, 2.24) is 9.97 Å². The van der Waals surface area contributed by atoms with Gasteiger partial charge in [0.2, 0.25) is 0 Å². The molecule has 0 aliphatic carbocycles. The van der Waals surface area contributed by atoms with E-state index in [2.05, 4.69) is 9.97 Å². The molecule has 0 amide bonds. The van der Waals surface area contributed by atoms with Crippen LogP contribution >= 0.6 is 0 Å². The molecule has 2 rings (SSSR count). The van der Waals surface area contributed by atoms with Crippen LogP contribution in [0, 0.1) is 12.7 Å². The van der Waals surface area contributed by atoms with Crippen molar-refractivity contribution in [3.05, 3.63) is 35.8 Å². The molecule has 0 saturated carbocycles. The number of H-pyrrole nitrogens is 1. The fraction of sp³-hybridized carbons (Fsp3) is 0.182. The van der Waals surface area contributed by atoms with E-state index >= 15 is 0 Å².